The SMILES string of the molecule is COc1cc(CNc2cccc(Cl)c2)ccc1OCC(=O)Nc1ccc(C)c(C)c1. The van der Waals surface area contributed by atoms with Crippen LogP contribution >= 0.6 is 11.6 Å². The highest BCUT2D eigenvalue weighted by Crippen LogP contribution is 2.28. The molecule has 0 fully saturated rings. The third-order valence-corrected chi connectivity index (χ3v) is 4.93. The summed E-state index contributed by atoms with van der Waals surface area (Å²) < 4.78 is 11.1. The first-order valence-electron chi connectivity index (χ1n) is 9.61. The average Bonchev–Trinajstić information content (AvgIpc) is 2.73. The standard InChI is InChI=1S/C24H25ClN2O3/c1-16-7-9-21(11-17(16)2)27-24(28)15-30-22-10-8-18(12-23(22)29-3)14-26-20-6-4-5-19(25)13-20/h4-13,26H,14-15H2,1-3H3,(H,27,28). The van der Waals surface area contributed by atoms with E-state index in [0.717, 1.165) is 22.5 Å². The number of nitrogens with one attached hydrogen (secondary N) is 2. The van der Waals surface area contributed by atoms with Crippen molar-refractivity contribution in [2.24, 2.45) is 0 Å². The molecule has 0 heterocycles. The van der Waals surface area contributed by atoms with E-state index in [1.54, 1.807) is 13.2 Å². The lowest BCUT2D eigenvalue weighted by atomic mass is 10.1. The summed E-state index contributed by atoms with van der Waals surface area (Å²) in [5, 5.41) is 6.84. The summed E-state index contributed by atoms with van der Waals surface area (Å²) >= 11 is 6.01. The van der Waals surface area contributed by atoms with Gasteiger partial charge in [0.25, 0.3) is 5.91 Å². The number of methoxy groups -OCH3 is 1. The molecule has 156 valence electrons. The lowest BCUT2D eigenvalue weighted by Gasteiger charge is -2.13. The van der Waals surface area contributed by atoms with E-state index >= 15 is 0 Å². The van der Waals surface area contributed by atoms with Crippen LogP contribution in [0.25, 0.3) is 0 Å². The Morgan fingerprint density at radius 2 is 1.77 bits per heavy atom. The third kappa shape index (κ3) is 5.91. The summed E-state index contributed by atoms with van der Waals surface area (Å²) in [4.78, 5) is 12.2. The molecule has 0 aliphatic heterocycles. The van der Waals surface area contributed by atoms with Crippen molar-refractivity contribution in [3.63, 3.8) is 0 Å². The van der Waals surface area contributed by atoms with Crippen LogP contribution in [-0.2, 0) is 11.3 Å². The average molecular weight is 425 g/mol. The van der Waals surface area contributed by atoms with E-state index in [-0.39, 0.29) is 12.5 Å². The molecule has 0 aliphatic rings. The van der Waals surface area contributed by atoms with Crippen LogP contribution in [0.3, 0.4) is 0 Å². The molecule has 3 aromatic rings. The molecule has 0 bridgehead atoms. The molecule has 0 aliphatic carbocycles. The van der Waals surface area contributed by atoms with Crippen molar-refractivity contribution in [3.05, 3.63) is 82.4 Å². The lowest BCUT2D eigenvalue weighted by Crippen LogP contribution is -2.20. The first kappa shape index (κ1) is 21.5. The molecule has 0 spiro atoms. The van der Waals surface area contributed by atoms with Crippen LogP contribution in [0.5, 0.6) is 11.5 Å². The second-order valence-electron chi connectivity index (χ2n) is 6.99. The highest BCUT2D eigenvalue weighted by molar-refractivity contribution is 6.30. The molecule has 1 amide bonds. The van der Waals surface area contributed by atoms with Crippen molar-refractivity contribution in [2.75, 3.05) is 24.4 Å². The van der Waals surface area contributed by atoms with Crippen LogP contribution in [-0.4, -0.2) is 19.6 Å². The van der Waals surface area contributed by atoms with Crippen LogP contribution in [0.15, 0.2) is 60.7 Å². The second kappa shape index (κ2) is 10.0. The van der Waals surface area contributed by atoms with Gasteiger partial charge in [0, 0.05) is 22.9 Å². The number of hydrogen-bond acceptors (Lipinski definition) is 4. The van der Waals surface area contributed by atoms with Gasteiger partial charge in [-0.25, -0.2) is 0 Å². The number of ether oxygens (including phenoxy) is 2. The first-order valence-corrected chi connectivity index (χ1v) is 9.98. The van der Waals surface area contributed by atoms with Gasteiger partial charge < -0.3 is 20.1 Å². The maximum Gasteiger partial charge on any atom is 0.262 e. The molecular formula is C24H25ClN2O3. The minimum atomic E-state index is -0.230. The lowest BCUT2D eigenvalue weighted by molar-refractivity contribution is -0.118. The molecule has 5 nitrogen and oxygen atoms in total. The van der Waals surface area contributed by atoms with E-state index < -0.39 is 0 Å². The van der Waals surface area contributed by atoms with Gasteiger partial charge >= 0.3 is 0 Å². The van der Waals surface area contributed by atoms with E-state index in [4.69, 9.17) is 21.1 Å². The molecule has 0 radical (unpaired) electrons. The summed E-state index contributed by atoms with van der Waals surface area (Å²) in [5.74, 6) is 0.852. The van der Waals surface area contributed by atoms with E-state index in [1.807, 2.05) is 68.4 Å². The molecule has 3 rings (SSSR count). The number of carbonyl (C=O) groups is 1. The number of aryl methyl sites for hydroxylation is 2. The Labute approximate surface area is 182 Å². The van der Waals surface area contributed by atoms with Crippen LogP contribution in [0.4, 0.5) is 11.4 Å². The smallest absolute Gasteiger partial charge is 0.262 e. The van der Waals surface area contributed by atoms with E-state index in [1.165, 1.54) is 5.56 Å². The number of rotatable bonds is 8. The minimum absolute atomic E-state index is 0.108. The Kier molecular flexibility index (Phi) is 7.20. The maximum atomic E-state index is 12.2. The van der Waals surface area contributed by atoms with Gasteiger partial charge in [-0.1, -0.05) is 29.8 Å². The normalized spacial score (nSPS) is 10.4. The number of hydrogen-bond donors (Lipinski definition) is 2. The monoisotopic (exact) mass is 424 g/mol. The van der Waals surface area contributed by atoms with Gasteiger partial charge in [0.2, 0.25) is 0 Å². The number of amides is 1. The molecule has 6 heteroatoms. The van der Waals surface area contributed by atoms with Crippen LogP contribution in [0, 0.1) is 13.8 Å². The zero-order valence-corrected chi connectivity index (χ0v) is 18.0. The minimum Gasteiger partial charge on any atom is -0.493 e. The Morgan fingerprint density at radius 1 is 0.933 bits per heavy atom. The molecule has 30 heavy (non-hydrogen) atoms. The van der Waals surface area contributed by atoms with Gasteiger partial charge in [-0.3, -0.25) is 4.79 Å². The quantitative estimate of drug-likeness (QED) is 0.494. The predicted molar refractivity (Wildman–Crippen MR) is 122 cm³/mol. The molecule has 0 saturated heterocycles. The highest BCUT2D eigenvalue weighted by atomic mass is 35.5. The Morgan fingerprint density at radius 3 is 2.50 bits per heavy atom. The van der Waals surface area contributed by atoms with Gasteiger partial charge in [0.1, 0.15) is 0 Å². The van der Waals surface area contributed by atoms with Gasteiger partial charge in [0.05, 0.1) is 7.11 Å². The summed E-state index contributed by atoms with van der Waals surface area (Å²) in [6, 6.07) is 19.0. The van der Waals surface area contributed by atoms with Gasteiger partial charge in [-0.05, 0) is 73.0 Å². The Balaban J connectivity index is 1.57. The Bertz CT molecular complexity index is 1040. The van der Waals surface area contributed by atoms with Crippen LogP contribution in [0.2, 0.25) is 5.02 Å². The van der Waals surface area contributed by atoms with Crippen LogP contribution < -0.4 is 20.1 Å². The zero-order valence-electron chi connectivity index (χ0n) is 17.3. The van der Waals surface area contributed by atoms with Crippen molar-refractivity contribution in [3.8, 4) is 11.5 Å². The maximum absolute atomic E-state index is 12.2. The molecule has 3 aromatic carbocycles. The number of benzene rings is 3. The number of halogens is 1. The molecule has 0 aromatic heterocycles. The highest BCUT2D eigenvalue weighted by Gasteiger charge is 2.10. The Hall–Kier alpha value is -3.18. The number of carbonyl (C=O) groups excluding carboxylic acids is 1. The zero-order chi connectivity index (χ0) is 21.5. The molecule has 0 atom stereocenters. The summed E-state index contributed by atoms with van der Waals surface area (Å²) in [6.45, 7) is 4.54. The van der Waals surface area contributed by atoms with Crippen molar-refractivity contribution in [1.29, 1.82) is 0 Å². The van der Waals surface area contributed by atoms with Gasteiger partial charge in [0.15, 0.2) is 18.1 Å². The van der Waals surface area contributed by atoms with Crippen LogP contribution in [0.1, 0.15) is 16.7 Å². The molecule has 0 unspecified atom stereocenters. The van der Waals surface area contributed by atoms with E-state index in [9.17, 15) is 4.79 Å². The van der Waals surface area contributed by atoms with Gasteiger partial charge in [-0.15, -0.1) is 0 Å². The topological polar surface area (TPSA) is 59.6 Å². The van der Waals surface area contributed by atoms with E-state index in [0.29, 0.717) is 23.1 Å². The fourth-order valence-electron chi connectivity index (χ4n) is 2.90. The van der Waals surface area contributed by atoms with Crippen molar-refractivity contribution in [2.45, 2.75) is 20.4 Å². The second-order valence-corrected chi connectivity index (χ2v) is 7.42. The third-order valence-electron chi connectivity index (χ3n) is 4.70. The fourth-order valence-corrected chi connectivity index (χ4v) is 3.09. The summed E-state index contributed by atoms with van der Waals surface area (Å²) in [7, 11) is 1.57. The first-order chi connectivity index (χ1) is 14.4. The largest absolute Gasteiger partial charge is 0.493 e. The summed E-state index contributed by atoms with van der Waals surface area (Å²) in [5.41, 5.74) is 5.00. The van der Waals surface area contributed by atoms with Gasteiger partial charge in [-0.2, -0.15) is 0 Å². The van der Waals surface area contributed by atoms with Crippen molar-refractivity contribution >= 4 is 28.9 Å². The van der Waals surface area contributed by atoms with E-state index in [2.05, 4.69) is 10.6 Å². The summed E-state index contributed by atoms with van der Waals surface area (Å²) in [6.07, 6.45) is 0. The number of anilines is 2. The molecule has 0 saturated carbocycles. The fraction of sp³-hybridized carbons (Fsp3) is 0.208. The van der Waals surface area contributed by atoms with Crippen molar-refractivity contribution in [1.82, 2.24) is 0 Å². The molecular weight excluding hydrogens is 400 g/mol. The van der Waals surface area contributed by atoms with Crippen molar-refractivity contribution < 1.29 is 14.3 Å². The predicted octanol–water partition coefficient (Wildman–Crippen LogP) is 5.60. The molecule has 2 N–H and O–H groups in total.